The van der Waals surface area contributed by atoms with E-state index in [0.29, 0.717) is 5.56 Å². The van der Waals surface area contributed by atoms with Crippen LogP contribution in [0.25, 0.3) is 0 Å². The van der Waals surface area contributed by atoms with Gasteiger partial charge in [0.2, 0.25) is 0 Å². The molecule has 18 heavy (non-hydrogen) atoms. The number of esters is 1. The third-order valence-corrected chi connectivity index (χ3v) is 3.24. The molecule has 0 aliphatic rings. The Morgan fingerprint density at radius 3 is 2.56 bits per heavy atom. The Labute approximate surface area is 120 Å². The maximum Gasteiger partial charge on any atom is 0.337 e. The summed E-state index contributed by atoms with van der Waals surface area (Å²) in [5.74, 6) is -0.347. The number of methoxy groups -OCH3 is 1. The van der Waals surface area contributed by atoms with Crippen LogP contribution in [0, 0.1) is 3.57 Å². The summed E-state index contributed by atoms with van der Waals surface area (Å²) in [5, 5.41) is 10.1. The van der Waals surface area contributed by atoms with E-state index in [2.05, 4.69) is 37.7 Å². The number of rotatable bonds is 5. The van der Waals surface area contributed by atoms with Gasteiger partial charge in [-0.25, -0.2) is 4.79 Å². The molecule has 0 radical (unpaired) electrons. The Bertz CT molecular complexity index is 445. The SMILES string of the molecule is CCN(CC)/N=N/c1ccc(C(=O)OC)cc1I. The molecule has 0 spiro atoms. The van der Waals surface area contributed by atoms with Crippen molar-refractivity contribution in [2.75, 3.05) is 20.2 Å². The van der Waals surface area contributed by atoms with Gasteiger partial charge in [-0.3, -0.25) is 5.01 Å². The van der Waals surface area contributed by atoms with Gasteiger partial charge in [-0.05, 0) is 54.6 Å². The molecule has 0 saturated heterocycles. The molecule has 1 aromatic carbocycles. The fourth-order valence-electron chi connectivity index (χ4n) is 1.29. The van der Waals surface area contributed by atoms with E-state index in [4.69, 9.17) is 0 Å². The van der Waals surface area contributed by atoms with Gasteiger partial charge in [-0.1, -0.05) is 5.22 Å². The predicted molar refractivity (Wildman–Crippen MR) is 77.9 cm³/mol. The number of hydrogen-bond donors (Lipinski definition) is 0. The minimum Gasteiger partial charge on any atom is -0.465 e. The van der Waals surface area contributed by atoms with Crippen LogP contribution in [0.2, 0.25) is 0 Å². The summed E-state index contributed by atoms with van der Waals surface area (Å²) in [7, 11) is 1.36. The Balaban J connectivity index is 2.89. The van der Waals surface area contributed by atoms with E-state index in [-0.39, 0.29) is 5.97 Å². The van der Waals surface area contributed by atoms with Crippen molar-refractivity contribution >= 4 is 34.2 Å². The molecule has 0 saturated carbocycles. The zero-order valence-electron chi connectivity index (χ0n) is 10.7. The Kier molecular flexibility index (Phi) is 6.03. The van der Waals surface area contributed by atoms with Crippen molar-refractivity contribution in [1.82, 2.24) is 5.01 Å². The second-order valence-electron chi connectivity index (χ2n) is 3.49. The molecule has 1 aromatic rings. The van der Waals surface area contributed by atoms with Crippen molar-refractivity contribution in [3.63, 3.8) is 0 Å². The van der Waals surface area contributed by atoms with Crippen LogP contribution in [-0.4, -0.2) is 31.2 Å². The second-order valence-corrected chi connectivity index (χ2v) is 4.65. The summed E-state index contributed by atoms with van der Waals surface area (Å²) in [6, 6.07) is 5.19. The average Bonchev–Trinajstić information content (AvgIpc) is 2.40. The van der Waals surface area contributed by atoms with Gasteiger partial charge in [0, 0.05) is 16.7 Å². The number of carbonyl (C=O) groups excluding carboxylic acids is 1. The van der Waals surface area contributed by atoms with Gasteiger partial charge < -0.3 is 4.74 Å². The monoisotopic (exact) mass is 361 g/mol. The Morgan fingerprint density at radius 1 is 1.39 bits per heavy atom. The zero-order valence-corrected chi connectivity index (χ0v) is 12.8. The molecule has 5 nitrogen and oxygen atoms in total. The van der Waals surface area contributed by atoms with E-state index in [1.807, 2.05) is 18.9 Å². The number of hydrogen-bond acceptors (Lipinski definition) is 4. The molecule has 0 unspecified atom stereocenters. The van der Waals surface area contributed by atoms with Gasteiger partial charge in [0.15, 0.2) is 0 Å². The summed E-state index contributed by atoms with van der Waals surface area (Å²) in [6.45, 7) is 5.68. The lowest BCUT2D eigenvalue weighted by Crippen LogP contribution is -2.14. The maximum atomic E-state index is 11.3. The van der Waals surface area contributed by atoms with Crippen molar-refractivity contribution in [2.24, 2.45) is 10.3 Å². The Morgan fingerprint density at radius 2 is 2.06 bits per heavy atom. The highest BCUT2D eigenvalue weighted by Crippen LogP contribution is 2.23. The van der Waals surface area contributed by atoms with Gasteiger partial charge in [0.25, 0.3) is 0 Å². The zero-order chi connectivity index (χ0) is 13.5. The van der Waals surface area contributed by atoms with Gasteiger partial charge in [0.1, 0.15) is 5.69 Å². The predicted octanol–water partition coefficient (Wildman–Crippen LogP) is 3.42. The molecule has 0 heterocycles. The molecule has 0 aromatic heterocycles. The van der Waals surface area contributed by atoms with Gasteiger partial charge >= 0.3 is 5.97 Å². The molecule has 0 aliphatic heterocycles. The van der Waals surface area contributed by atoms with Crippen LogP contribution >= 0.6 is 22.6 Å². The number of halogens is 1. The molecule has 0 fully saturated rings. The molecule has 0 atom stereocenters. The lowest BCUT2D eigenvalue weighted by molar-refractivity contribution is 0.0600. The van der Waals surface area contributed by atoms with Crippen LogP contribution in [0.4, 0.5) is 5.69 Å². The first kappa shape index (κ1) is 14.9. The highest BCUT2D eigenvalue weighted by Gasteiger charge is 2.08. The number of nitrogens with zero attached hydrogens (tertiary/aromatic N) is 3. The molecular formula is C12H16IN3O2. The van der Waals surface area contributed by atoms with Crippen molar-refractivity contribution < 1.29 is 9.53 Å². The normalized spacial score (nSPS) is 10.7. The Hall–Kier alpha value is -1.18. The molecule has 0 amide bonds. The number of ether oxygens (including phenoxy) is 1. The summed E-state index contributed by atoms with van der Waals surface area (Å²) < 4.78 is 5.53. The van der Waals surface area contributed by atoms with Crippen molar-refractivity contribution in [2.45, 2.75) is 13.8 Å². The highest BCUT2D eigenvalue weighted by molar-refractivity contribution is 14.1. The molecule has 0 bridgehead atoms. The van der Waals surface area contributed by atoms with E-state index in [1.54, 1.807) is 18.2 Å². The fraction of sp³-hybridized carbons (Fsp3) is 0.417. The average molecular weight is 361 g/mol. The number of benzene rings is 1. The van der Waals surface area contributed by atoms with Crippen molar-refractivity contribution in [1.29, 1.82) is 0 Å². The van der Waals surface area contributed by atoms with Crippen LogP contribution in [0.15, 0.2) is 28.5 Å². The van der Waals surface area contributed by atoms with E-state index in [1.165, 1.54) is 7.11 Å². The van der Waals surface area contributed by atoms with Crippen LogP contribution in [0.5, 0.6) is 0 Å². The molecular weight excluding hydrogens is 345 g/mol. The third-order valence-electron chi connectivity index (χ3n) is 2.38. The van der Waals surface area contributed by atoms with Gasteiger partial charge in [-0.2, -0.15) is 0 Å². The van der Waals surface area contributed by atoms with Crippen LogP contribution < -0.4 is 0 Å². The fourth-order valence-corrected chi connectivity index (χ4v) is 1.92. The lowest BCUT2D eigenvalue weighted by Gasteiger charge is -2.11. The lowest BCUT2D eigenvalue weighted by atomic mass is 10.2. The first-order valence-electron chi connectivity index (χ1n) is 5.66. The largest absolute Gasteiger partial charge is 0.465 e. The maximum absolute atomic E-state index is 11.3. The van der Waals surface area contributed by atoms with Crippen LogP contribution in [0.1, 0.15) is 24.2 Å². The summed E-state index contributed by atoms with van der Waals surface area (Å²) >= 11 is 2.13. The van der Waals surface area contributed by atoms with Crippen LogP contribution in [0.3, 0.4) is 0 Å². The highest BCUT2D eigenvalue weighted by atomic mass is 127. The third kappa shape index (κ3) is 3.94. The summed E-state index contributed by atoms with van der Waals surface area (Å²) in [5.41, 5.74) is 1.26. The first-order valence-corrected chi connectivity index (χ1v) is 6.74. The second kappa shape index (κ2) is 7.30. The summed E-state index contributed by atoms with van der Waals surface area (Å²) in [6.07, 6.45) is 0. The molecule has 0 aliphatic carbocycles. The molecule has 98 valence electrons. The minimum absolute atomic E-state index is 0.347. The number of carbonyl (C=O) groups is 1. The topological polar surface area (TPSA) is 54.3 Å². The van der Waals surface area contributed by atoms with E-state index in [9.17, 15) is 4.79 Å². The van der Waals surface area contributed by atoms with Gasteiger partial charge in [0.05, 0.1) is 12.7 Å². The quantitative estimate of drug-likeness (QED) is 0.350. The summed E-state index contributed by atoms with van der Waals surface area (Å²) in [4.78, 5) is 11.3. The first-order chi connectivity index (χ1) is 8.62. The van der Waals surface area contributed by atoms with Crippen LogP contribution in [-0.2, 0) is 4.74 Å². The van der Waals surface area contributed by atoms with E-state index >= 15 is 0 Å². The minimum atomic E-state index is -0.347. The van der Waals surface area contributed by atoms with Crippen molar-refractivity contribution in [3.8, 4) is 0 Å². The molecule has 6 heteroatoms. The smallest absolute Gasteiger partial charge is 0.337 e. The van der Waals surface area contributed by atoms with E-state index in [0.717, 1.165) is 22.3 Å². The molecule has 1 rings (SSSR count). The molecule has 0 N–H and O–H groups in total. The van der Waals surface area contributed by atoms with E-state index < -0.39 is 0 Å². The standard InChI is InChI=1S/C12H16IN3O2/c1-4-16(5-2)15-14-11-7-6-9(8-10(11)13)12(17)18-3/h6-8H,4-5H2,1-3H3/b15-14+. The van der Waals surface area contributed by atoms with Crippen molar-refractivity contribution in [3.05, 3.63) is 27.3 Å². The van der Waals surface area contributed by atoms with Gasteiger partial charge in [-0.15, -0.1) is 5.11 Å².